The lowest BCUT2D eigenvalue weighted by atomic mass is 10.1. The molecule has 1 aliphatic heterocycles. The SMILES string of the molecule is CCCN(C)c1nc(Nc2ccc3[nH]c(C)c(C)c3c2)nc(OCCN2CCOCC2)n1. The van der Waals surface area contributed by atoms with Gasteiger partial charge >= 0.3 is 6.01 Å². The van der Waals surface area contributed by atoms with E-state index in [1.807, 2.05) is 18.0 Å². The van der Waals surface area contributed by atoms with Crippen LogP contribution in [0.25, 0.3) is 10.9 Å². The van der Waals surface area contributed by atoms with Crippen LogP contribution >= 0.6 is 0 Å². The lowest BCUT2D eigenvalue weighted by Gasteiger charge is -2.26. The van der Waals surface area contributed by atoms with Crippen molar-refractivity contribution in [1.29, 1.82) is 0 Å². The molecule has 9 heteroatoms. The summed E-state index contributed by atoms with van der Waals surface area (Å²) in [7, 11) is 1.98. The molecule has 2 aromatic heterocycles. The number of benzene rings is 1. The van der Waals surface area contributed by atoms with Gasteiger partial charge in [-0.3, -0.25) is 4.90 Å². The van der Waals surface area contributed by atoms with Gasteiger partial charge in [-0.2, -0.15) is 15.0 Å². The third-order valence-electron chi connectivity index (χ3n) is 5.81. The third-order valence-corrected chi connectivity index (χ3v) is 5.81. The zero-order valence-electron chi connectivity index (χ0n) is 19.4. The van der Waals surface area contributed by atoms with E-state index in [4.69, 9.17) is 9.47 Å². The molecular formula is C23H33N7O2. The molecule has 3 aromatic rings. The number of rotatable bonds is 9. The Morgan fingerprint density at radius 3 is 2.78 bits per heavy atom. The van der Waals surface area contributed by atoms with Gasteiger partial charge in [0.1, 0.15) is 6.61 Å². The van der Waals surface area contributed by atoms with Crippen LogP contribution in [0.15, 0.2) is 18.2 Å². The Hall–Kier alpha value is -2.91. The molecule has 0 bridgehead atoms. The van der Waals surface area contributed by atoms with Gasteiger partial charge in [-0.05, 0) is 44.0 Å². The summed E-state index contributed by atoms with van der Waals surface area (Å²) in [6, 6.07) is 6.55. The van der Waals surface area contributed by atoms with E-state index in [2.05, 4.69) is 63.1 Å². The average Bonchev–Trinajstić information content (AvgIpc) is 3.08. The van der Waals surface area contributed by atoms with Crippen molar-refractivity contribution < 1.29 is 9.47 Å². The van der Waals surface area contributed by atoms with Gasteiger partial charge in [0.05, 0.1) is 13.2 Å². The molecule has 32 heavy (non-hydrogen) atoms. The minimum absolute atomic E-state index is 0.337. The number of hydrogen-bond donors (Lipinski definition) is 2. The van der Waals surface area contributed by atoms with E-state index in [-0.39, 0.29) is 0 Å². The quantitative estimate of drug-likeness (QED) is 0.525. The number of aromatic nitrogens is 4. The highest BCUT2D eigenvalue weighted by Gasteiger charge is 2.14. The summed E-state index contributed by atoms with van der Waals surface area (Å²) in [6.45, 7) is 11.9. The van der Waals surface area contributed by atoms with Gasteiger partial charge in [-0.25, -0.2) is 0 Å². The minimum atomic E-state index is 0.337. The number of aromatic amines is 1. The molecule has 0 amide bonds. The number of ether oxygens (including phenoxy) is 2. The van der Waals surface area contributed by atoms with Crippen LogP contribution in [0.5, 0.6) is 6.01 Å². The molecule has 9 nitrogen and oxygen atoms in total. The fourth-order valence-corrected chi connectivity index (χ4v) is 3.83. The van der Waals surface area contributed by atoms with Crippen molar-refractivity contribution in [3.05, 3.63) is 29.5 Å². The molecule has 0 unspecified atom stereocenters. The van der Waals surface area contributed by atoms with Gasteiger partial charge in [0.2, 0.25) is 11.9 Å². The number of morpholine rings is 1. The first-order valence-corrected chi connectivity index (χ1v) is 11.3. The zero-order chi connectivity index (χ0) is 22.5. The Balaban J connectivity index is 1.52. The molecule has 0 aliphatic carbocycles. The van der Waals surface area contributed by atoms with Crippen LogP contribution in [0.4, 0.5) is 17.6 Å². The summed E-state index contributed by atoms with van der Waals surface area (Å²) in [4.78, 5) is 21.4. The van der Waals surface area contributed by atoms with E-state index in [0.29, 0.717) is 24.5 Å². The van der Waals surface area contributed by atoms with E-state index in [0.717, 1.165) is 57.0 Å². The van der Waals surface area contributed by atoms with Gasteiger partial charge in [-0.1, -0.05) is 6.92 Å². The molecule has 172 valence electrons. The van der Waals surface area contributed by atoms with Crippen molar-refractivity contribution in [3.8, 4) is 6.01 Å². The Morgan fingerprint density at radius 1 is 1.19 bits per heavy atom. The molecule has 1 aromatic carbocycles. The predicted molar refractivity (Wildman–Crippen MR) is 127 cm³/mol. The number of hydrogen-bond acceptors (Lipinski definition) is 8. The standard InChI is InChI=1S/C23H33N7O2/c1-5-8-29(4)22-26-21(25-18-6-7-20-19(15-18)16(2)17(3)24-20)27-23(28-22)32-14-11-30-9-12-31-13-10-30/h6-7,15,24H,5,8-14H2,1-4H3,(H,25,26,27,28). The molecule has 1 aliphatic rings. The second-order valence-electron chi connectivity index (χ2n) is 8.23. The van der Waals surface area contributed by atoms with E-state index < -0.39 is 0 Å². The smallest absolute Gasteiger partial charge is 0.323 e. The topological polar surface area (TPSA) is 91.4 Å². The van der Waals surface area contributed by atoms with Crippen molar-refractivity contribution in [3.63, 3.8) is 0 Å². The van der Waals surface area contributed by atoms with Crippen molar-refractivity contribution in [2.24, 2.45) is 0 Å². The van der Waals surface area contributed by atoms with Crippen LogP contribution in [-0.2, 0) is 4.74 Å². The van der Waals surface area contributed by atoms with Crippen LogP contribution in [0.1, 0.15) is 24.6 Å². The van der Waals surface area contributed by atoms with Gasteiger partial charge in [-0.15, -0.1) is 0 Å². The summed E-state index contributed by atoms with van der Waals surface area (Å²) in [5.41, 5.74) is 4.47. The van der Waals surface area contributed by atoms with Crippen molar-refractivity contribution in [1.82, 2.24) is 24.8 Å². The number of aryl methyl sites for hydroxylation is 2. The van der Waals surface area contributed by atoms with Gasteiger partial charge < -0.3 is 24.7 Å². The van der Waals surface area contributed by atoms with Gasteiger partial charge in [0, 0.05) is 55.5 Å². The second kappa shape index (κ2) is 10.1. The summed E-state index contributed by atoms with van der Waals surface area (Å²) in [5, 5.41) is 4.53. The van der Waals surface area contributed by atoms with E-state index >= 15 is 0 Å². The number of fused-ring (bicyclic) bond motifs is 1. The largest absolute Gasteiger partial charge is 0.462 e. The molecule has 2 N–H and O–H groups in total. The van der Waals surface area contributed by atoms with Gasteiger partial charge in [0.25, 0.3) is 0 Å². The molecule has 4 rings (SSSR count). The van der Waals surface area contributed by atoms with E-state index in [1.165, 1.54) is 16.6 Å². The van der Waals surface area contributed by atoms with E-state index in [1.54, 1.807) is 0 Å². The lowest BCUT2D eigenvalue weighted by molar-refractivity contribution is 0.0317. The first-order chi connectivity index (χ1) is 15.5. The molecule has 3 heterocycles. The molecule has 0 radical (unpaired) electrons. The molecule has 1 fully saturated rings. The number of H-pyrrole nitrogens is 1. The maximum atomic E-state index is 5.93. The van der Waals surface area contributed by atoms with Crippen LogP contribution in [0.3, 0.4) is 0 Å². The van der Waals surface area contributed by atoms with Crippen LogP contribution < -0.4 is 15.0 Å². The maximum Gasteiger partial charge on any atom is 0.323 e. The second-order valence-corrected chi connectivity index (χ2v) is 8.23. The van der Waals surface area contributed by atoms with Crippen molar-refractivity contribution in [2.45, 2.75) is 27.2 Å². The van der Waals surface area contributed by atoms with Crippen LogP contribution in [0.2, 0.25) is 0 Å². The Morgan fingerprint density at radius 2 is 2.00 bits per heavy atom. The summed E-state index contributed by atoms with van der Waals surface area (Å²) in [6.07, 6.45) is 1.00. The molecule has 0 atom stereocenters. The van der Waals surface area contributed by atoms with Crippen molar-refractivity contribution in [2.75, 3.05) is 63.3 Å². The average molecular weight is 440 g/mol. The third kappa shape index (κ3) is 5.28. The van der Waals surface area contributed by atoms with Gasteiger partial charge in [0.15, 0.2) is 0 Å². The first-order valence-electron chi connectivity index (χ1n) is 11.3. The monoisotopic (exact) mass is 439 g/mol. The maximum absolute atomic E-state index is 5.93. The van der Waals surface area contributed by atoms with Crippen LogP contribution in [-0.4, -0.2) is 77.9 Å². The highest BCUT2D eigenvalue weighted by Crippen LogP contribution is 2.26. The Bertz CT molecular complexity index is 1050. The van der Waals surface area contributed by atoms with Crippen molar-refractivity contribution >= 4 is 28.5 Å². The Kier molecular flexibility index (Phi) is 7.06. The summed E-state index contributed by atoms with van der Waals surface area (Å²) < 4.78 is 11.3. The first kappa shape index (κ1) is 22.3. The summed E-state index contributed by atoms with van der Waals surface area (Å²) >= 11 is 0. The highest BCUT2D eigenvalue weighted by molar-refractivity contribution is 5.87. The lowest BCUT2D eigenvalue weighted by Crippen LogP contribution is -2.38. The molecule has 1 saturated heterocycles. The summed E-state index contributed by atoms with van der Waals surface area (Å²) in [5.74, 6) is 1.07. The van der Waals surface area contributed by atoms with E-state index in [9.17, 15) is 0 Å². The fourth-order valence-electron chi connectivity index (χ4n) is 3.83. The number of nitrogens with zero attached hydrogens (tertiary/aromatic N) is 5. The minimum Gasteiger partial charge on any atom is -0.462 e. The predicted octanol–water partition coefficient (Wildman–Crippen LogP) is 3.27. The number of anilines is 3. The van der Waals surface area contributed by atoms with Crippen LogP contribution in [0, 0.1) is 13.8 Å². The zero-order valence-corrected chi connectivity index (χ0v) is 19.4. The number of nitrogens with one attached hydrogen (secondary N) is 2. The normalized spacial score (nSPS) is 14.6. The molecule has 0 saturated carbocycles. The highest BCUT2D eigenvalue weighted by atomic mass is 16.5. The molecule has 0 spiro atoms. The Labute approximate surface area is 189 Å². The molecular weight excluding hydrogens is 406 g/mol. The fraction of sp³-hybridized carbons (Fsp3) is 0.522.